The molecule has 0 spiro atoms. The van der Waals surface area contributed by atoms with E-state index in [-0.39, 0.29) is 5.69 Å². The Balaban J connectivity index is 1.59. The lowest BCUT2D eigenvalue weighted by molar-refractivity contribution is 0.319. The number of nitrogens with zero attached hydrogens (tertiary/aromatic N) is 1. The molecule has 0 bridgehead atoms. The maximum atomic E-state index is 12.4. The Morgan fingerprint density at radius 3 is 2.62 bits per heavy atom. The van der Waals surface area contributed by atoms with Crippen molar-refractivity contribution in [1.82, 2.24) is 9.55 Å². The van der Waals surface area contributed by atoms with Crippen molar-refractivity contribution in [2.45, 2.75) is 45.6 Å². The molecule has 3 aromatic rings. The minimum absolute atomic E-state index is 0.0118. The number of nitrogens with two attached hydrogens (primary N) is 1. The van der Waals surface area contributed by atoms with Gasteiger partial charge >= 0.3 is 5.69 Å². The summed E-state index contributed by atoms with van der Waals surface area (Å²) in [7, 11) is 0. The molecule has 0 aliphatic heterocycles. The van der Waals surface area contributed by atoms with Gasteiger partial charge < -0.3 is 16.0 Å². The second kappa shape index (κ2) is 6.90. The van der Waals surface area contributed by atoms with Crippen LogP contribution in [0.3, 0.4) is 0 Å². The van der Waals surface area contributed by atoms with Crippen molar-refractivity contribution in [3.05, 3.63) is 52.4 Å². The minimum Gasteiger partial charge on any atom is -0.398 e. The summed E-state index contributed by atoms with van der Waals surface area (Å²) in [5.74, 6) is 0.619. The zero-order valence-corrected chi connectivity index (χ0v) is 15.2. The van der Waals surface area contributed by atoms with E-state index in [1.165, 1.54) is 32.1 Å². The van der Waals surface area contributed by atoms with E-state index in [0.29, 0.717) is 5.92 Å². The number of aryl methyl sites for hydroxylation is 1. The largest absolute Gasteiger partial charge is 0.398 e. The second-order valence-electron chi connectivity index (χ2n) is 7.47. The predicted molar refractivity (Wildman–Crippen MR) is 108 cm³/mol. The smallest absolute Gasteiger partial charge is 0.326 e. The Bertz CT molecular complexity index is 979. The highest BCUT2D eigenvalue weighted by atomic mass is 16.1. The lowest BCUT2D eigenvalue weighted by atomic mass is 9.89. The molecule has 1 saturated carbocycles. The van der Waals surface area contributed by atoms with E-state index in [1.807, 2.05) is 47.9 Å². The molecular formula is C21H26N4O. The van der Waals surface area contributed by atoms with Crippen LogP contribution in [0.4, 0.5) is 17.1 Å². The van der Waals surface area contributed by atoms with Gasteiger partial charge in [0.25, 0.3) is 0 Å². The van der Waals surface area contributed by atoms with Crippen LogP contribution < -0.4 is 16.7 Å². The van der Waals surface area contributed by atoms with E-state index in [9.17, 15) is 4.79 Å². The van der Waals surface area contributed by atoms with Crippen LogP contribution in [-0.2, 0) is 6.54 Å². The molecule has 1 aromatic heterocycles. The molecule has 4 rings (SSSR count). The summed E-state index contributed by atoms with van der Waals surface area (Å²) in [5, 5.41) is 3.36. The number of nitrogen functional groups attached to an aromatic ring is 1. The highest BCUT2D eigenvalue weighted by molar-refractivity contribution is 5.81. The van der Waals surface area contributed by atoms with E-state index in [0.717, 1.165) is 40.2 Å². The van der Waals surface area contributed by atoms with Crippen LogP contribution in [0.1, 0.15) is 37.7 Å². The molecule has 0 unspecified atom stereocenters. The Morgan fingerprint density at radius 1 is 1.12 bits per heavy atom. The number of hydrogen-bond acceptors (Lipinski definition) is 3. The molecule has 0 radical (unpaired) electrons. The first-order chi connectivity index (χ1) is 12.6. The lowest BCUT2D eigenvalue weighted by Gasteiger charge is -2.21. The zero-order valence-electron chi connectivity index (χ0n) is 15.2. The molecule has 5 heteroatoms. The first-order valence-corrected chi connectivity index (χ1v) is 9.46. The highest BCUT2D eigenvalue weighted by Gasteiger charge is 2.17. The van der Waals surface area contributed by atoms with Gasteiger partial charge in [0.1, 0.15) is 0 Å². The fraction of sp³-hybridized carbons (Fsp3) is 0.381. The van der Waals surface area contributed by atoms with Crippen molar-refractivity contribution in [3.63, 3.8) is 0 Å². The number of imidazole rings is 1. The first-order valence-electron chi connectivity index (χ1n) is 9.46. The van der Waals surface area contributed by atoms with Crippen molar-refractivity contribution < 1.29 is 0 Å². The Kier molecular flexibility index (Phi) is 4.45. The summed E-state index contributed by atoms with van der Waals surface area (Å²) in [6.45, 7) is 2.81. The van der Waals surface area contributed by atoms with E-state index in [4.69, 9.17) is 5.73 Å². The molecule has 136 valence electrons. The second-order valence-corrected chi connectivity index (χ2v) is 7.47. The van der Waals surface area contributed by atoms with Gasteiger partial charge in [-0.15, -0.1) is 0 Å². The number of hydrogen-bond donors (Lipinski definition) is 3. The summed E-state index contributed by atoms with van der Waals surface area (Å²) in [6, 6.07) is 12.0. The van der Waals surface area contributed by atoms with Gasteiger partial charge in [0, 0.05) is 23.6 Å². The molecule has 1 aliphatic carbocycles. The summed E-state index contributed by atoms with van der Waals surface area (Å²) in [4.78, 5) is 15.4. The fourth-order valence-corrected chi connectivity index (χ4v) is 3.94. The standard InChI is InChI=1S/C21H26N4O/c1-14-7-8-16(11-18(14)22)23-17-9-10-20-19(12-17)24-21(26)25(20)13-15-5-3-2-4-6-15/h7-12,15,23H,2-6,13,22H2,1H3,(H,24,26). The number of benzene rings is 2. The van der Waals surface area contributed by atoms with Crippen molar-refractivity contribution >= 4 is 28.1 Å². The summed E-state index contributed by atoms with van der Waals surface area (Å²) < 4.78 is 1.90. The van der Waals surface area contributed by atoms with Gasteiger partial charge in [-0.1, -0.05) is 25.3 Å². The Morgan fingerprint density at radius 2 is 1.85 bits per heavy atom. The number of rotatable bonds is 4. The third-order valence-corrected chi connectivity index (χ3v) is 5.51. The van der Waals surface area contributed by atoms with E-state index in [2.05, 4.69) is 10.3 Å². The van der Waals surface area contributed by atoms with Crippen molar-refractivity contribution in [2.75, 3.05) is 11.1 Å². The number of nitrogens with one attached hydrogen (secondary N) is 2. The predicted octanol–water partition coefficient (Wildman–Crippen LogP) is 4.54. The number of H-pyrrole nitrogens is 1. The average Bonchev–Trinajstić information content (AvgIpc) is 2.94. The van der Waals surface area contributed by atoms with Crippen LogP contribution in [0.15, 0.2) is 41.2 Å². The van der Waals surface area contributed by atoms with Gasteiger partial charge in [-0.25, -0.2) is 4.79 Å². The molecule has 0 atom stereocenters. The number of aromatic nitrogens is 2. The summed E-state index contributed by atoms with van der Waals surface area (Å²) in [5.41, 5.74) is 11.5. The Hall–Kier alpha value is -2.69. The summed E-state index contributed by atoms with van der Waals surface area (Å²) in [6.07, 6.45) is 6.37. The number of fused-ring (bicyclic) bond motifs is 1. The molecule has 0 saturated heterocycles. The zero-order chi connectivity index (χ0) is 18.1. The number of aromatic amines is 1. The highest BCUT2D eigenvalue weighted by Crippen LogP contribution is 2.27. The molecule has 26 heavy (non-hydrogen) atoms. The molecule has 1 aliphatic rings. The average molecular weight is 350 g/mol. The van der Waals surface area contributed by atoms with Gasteiger partial charge in [-0.05, 0) is 61.6 Å². The van der Waals surface area contributed by atoms with Gasteiger partial charge in [-0.3, -0.25) is 4.57 Å². The number of anilines is 3. The quantitative estimate of drug-likeness (QED) is 0.605. The fourth-order valence-electron chi connectivity index (χ4n) is 3.94. The molecule has 2 aromatic carbocycles. The maximum absolute atomic E-state index is 12.4. The van der Waals surface area contributed by atoms with Crippen LogP contribution in [0.25, 0.3) is 11.0 Å². The van der Waals surface area contributed by atoms with E-state index in [1.54, 1.807) is 0 Å². The first kappa shape index (κ1) is 16.8. The molecular weight excluding hydrogens is 324 g/mol. The van der Waals surface area contributed by atoms with E-state index >= 15 is 0 Å². The van der Waals surface area contributed by atoms with Gasteiger partial charge in [0.2, 0.25) is 0 Å². The topological polar surface area (TPSA) is 75.8 Å². The normalized spacial score (nSPS) is 15.4. The van der Waals surface area contributed by atoms with Crippen molar-refractivity contribution in [2.24, 2.45) is 5.92 Å². The third-order valence-electron chi connectivity index (χ3n) is 5.51. The van der Waals surface area contributed by atoms with Gasteiger partial charge in [0.05, 0.1) is 11.0 Å². The maximum Gasteiger partial charge on any atom is 0.326 e. The van der Waals surface area contributed by atoms with Crippen LogP contribution in [0, 0.1) is 12.8 Å². The minimum atomic E-state index is -0.0118. The lowest BCUT2D eigenvalue weighted by Crippen LogP contribution is -2.22. The molecule has 1 fully saturated rings. The molecule has 4 N–H and O–H groups in total. The van der Waals surface area contributed by atoms with Crippen LogP contribution in [-0.4, -0.2) is 9.55 Å². The SMILES string of the molecule is Cc1ccc(Nc2ccc3c(c2)[nH]c(=O)n3CC2CCCCC2)cc1N. The van der Waals surface area contributed by atoms with Crippen molar-refractivity contribution in [3.8, 4) is 0 Å². The Labute approximate surface area is 153 Å². The van der Waals surface area contributed by atoms with Crippen LogP contribution >= 0.6 is 0 Å². The van der Waals surface area contributed by atoms with E-state index < -0.39 is 0 Å². The third kappa shape index (κ3) is 3.34. The monoisotopic (exact) mass is 350 g/mol. The van der Waals surface area contributed by atoms with Gasteiger partial charge in [0.15, 0.2) is 0 Å². The molecule has 0 amide bonds. The summed E-state index contributed by atoms with van der Waals surface area (Å²) >= 11 is 0. The molecule has 1 heterocycles. The van der Waals surface area contributed by atoms with Crippen LogP contribution in [0.5, 0.6) is 0 Å². The van der Waals surface area contributed by atoms with Crippen LogP contribution in [0.2, 0.25) is 0 Å². The van der Waals surface area contributed by atoms with Gasteiger partial charge in [-0.2, -0.15) is 0 Å². The molecule has 5 nitrogen and oxygen atoms in total. The van der Waals surface area contributed by atoms with Crippen molar-refractivity contribution in [1.29, 1.82) is 0 Å².